The maximum absolute atomic E-state index is 12.4. The maximum atomic E-state index is 12.4. The number of amides is 2. The van der Waals surface area contributed by atoms with Gasteiger partial charge in [-0.05, 0) is 36.4 Å². The summed E-state index contributed by atoms with van der Waals surface area (Å²) in [4.78, 5) is 36.5. The maximum Gasteiger partial charge on any atom is 0.290 e. The van der Waals surface area contributed by atoms with E-state index in [1.54, 1.807) is 71.7 Å². The smallest absolute Gasteiger partial charge is 0.267 e. The van der Waals surface area contributed by atoms with E-state index in [-0.39, 0.29) is 5.69 Å². The Kier molecular flexibility index (Phi) is 4.38. The molecule has 28 heavy (non-hydrogen) atoms. The molecule has 0 aliphatic heterocycles. The number of aromatic amines is 1. The fourth-order valence-corrected chi connectivity index (χ4v) is 2.72. The zero-order chi connectivity index (χ0) is 19.5. The van der Waals surface area contributed by atoms with Crippen molar-refractivity contribution in [1.82, 2.24) is 30.8 Å². The van der Waals surface area contributed by atoms with Gasteiger partial charge in [-0.2, -0.15) is 10.2 Å². The number of nitrogens with zero attached hydrogens (tertiary/aromatic N) is 3. The first kappa shape index (κ1) is 17.2. The van der Waals surface area contributed by atoms with Crippen molar-refractivity contribution in [2.24, 2.45) is 0 Å². The highest BCUT2D eigenvalue weighted by Crippen LogP contribution is 2.12. The molecule has 4 aromatic rings. The van der Waals surface area contributed by atoms with Gasteiger partial charge in [0.1, 0.15) is 0 Å². The third kappa shape index (κ3) is 3.23. The van der Waals surface area contributed by atoms with Crippen molar-refractivity contribution in [1.29, 1.82) is 0 Å². The van der Waals surface area contributed by atoms with Crippen LogP contribution in [0.4, 0.5) is 0 Å². The number of benzene rings is 2. The van der Waals surface area contributed by atoms with Crippen LogP contribution >= 0.6 is 0 Å². The first-order valence-electron chi connectivity index (χ1n) is 8.31. The molecule has 2 aromatic heterocycles. The summed E-state index contributed by atoms with van der Waals surface area (Å²) in [5.41, 5.74) is 5.41. The van der Waals surface area contributed by atoms with Gasteiger partial charge in [0.15, 0.2) is 5.69 Å². The summed E-state index contributed by atoms with van der Waals surface area (Å²) in [5.74, 6) is -1.14. The fraction of sp³-hybridized carbons (Fsp3) is 0. The normalized spacial score (nSPS) is 10.6. The predicted octanol–water partition coefficient (Wildman–Crippen LogP) is 1.18. The van der Waals surface area contributed by atoms with Gasteiger partial charge in [-0.3, -0.25) is 25.2 Å². The van der Waals surface area contributed by atoms with Crippen molar-refractivity contribution >= 4 is 22.6 Å². The molecule has 0 aliphatic carbocycles. The summed E-state index contributed by atoms with van der Waals surface area (Å²) >= 11 is 0. The second-order valence-corrected chi connectivity index (χ2v) is 5.85. The minimum atomic E-state index is -0.644. The lowest BCUT2D eigenvalue weighted by Crippen LogP contribution is -2.42. The third-order valence-corrected chi connectivity index (χ3v) is 4.10. The van der Waals surface area contributed by atoms with Gasteiger partial charge < -0.3 is 0 Å². The zero-order valence-electron chi connectivity index (χ0n) is 14.4. The molecule has 0 bridgehead atoms. The van der Waals surface area contributed by atoms with E-state index in [0.717, 1.165) is 5.69 Å². The lowest BCUT2D eigenvalue weighted by molar-refractivity contribution is 0.0844. The second kappa shape index (κ2) is 7.16. The van der Waals surface area contributed by atoms with E-state index in [4.69, 9.17) is 0 Å². The van der Waals surface area contributed by atoms with E-state index in [1.807, 2.05) is 0 Å². The number of carbonyl (C=O) groups is 2. The van der Waals surface area contributed by atoms with E-state index in [0.29, 0.717) is 16.3 Å². The molecule has 0 radical (unpaired) electrons. The Hall–Kier alpha value is -4.27. The number of hydrogen-bond donors (Lipinski definition) is 3. The summed E-state index contributed by atoms with van der Waals surface area (Å²) in [6.45, 7) is 0. The highest BCUT2D eigenvalue weighted by Gasteiger charge is 2.15. The monoisotopic (exact) mass is 374 g/mol. The molecule has 138 valence electrons. The van der Waals surface area contributed by atoms with Gasteiger partial charge >= 0.3 is 0 Å². The summed E-state index contributed by atoms with van der Waals surface area (Å²) in [6.07, 6.45) is 3.45. The van der Waals surface area contributed by atoms with Crippen molar-refractivity contribution in [3.63, 3.8) is 0 Å². The van der Waals surface area contributed by atoms with Crippen LogP contribution in [0.25, 0.3) is 16.5 Å². The number of carbonyl (C=O) groups excluding carboxylic acids is 2. The molecule has 9 heteroatoms. The molecule has 0 spiro atoms. The van der Waals surface area contributed by atoms with Crippen LogP contribution in [-0.4, -0.2) is 31.8 Å². The van der Waals surface area contributed by atoms with Crippen LogP contribution in [0.1, 0.15) is 20.8 Å². The molecule has 2 aromatic carbocycles. The first-order valence-corrected chi connectivity index (χ1v) is 8.31. The Morgan fingerprint density at radius 1 is 0.893 bits per heavy atom. The van der Waals surface area contributed by atoms with E-state index in [9.17, 15) is 14.4 Å². The Bertz CT molecular complexity index is 1210. The van der Waals surface area contributed by atoms with Gasteiger partial charge in [-0.1, -0.05) is 18.2 Å². The molecule has 0 fully saturated rings. The van der Waals surface area contributed by atoms with E-state index >= 15 is 0 Å². The van der Waals surface area contributed by atoms with E-state index in [1.165, 1.54) is 0 Å². The molecule has 2 amide bonds. The predicted molar refractivity (Wildman–Crippen MR) is 101 cm³/mol. The highest BCUT2D eigenvalue weighted by atomic mass is 16.2. The summed E-state index contributed by atoms with van der Waals surface area (Å²) < 4.78 is 1.66. The van der Waals surface area contributed by atoms with Gasteiger partial charge in [-0.25, -0.2) is 9.78 Å². The Morgan fingerprint density at radius 3 is 2.32 bits per heavy atom. The van der Waals surface area contributed by atoms with E-state index in [2.05, 4.69) is 26.1 Å². The summed E-state index contributed by atoms with van der Waals surface area (Å²) in [5, 5.41) is 10.9. The average Bonchev–Trinajstić information content (AvgIpc) is 3.27. The fourth-order valence-electron chi connectivity index (χ4n) is 2.72. The molecule has 0 aliphatic rings. The molecular weight excluding hydrogens is 360 g/mol. The van der Waals surface area contributed by atoms with Crippen LogP contribution < -0.4 is 16.4 Å². The van der Waals surface area contributed by atoms with Gasteiger partial charge in [-0.15, -0.1) is 0 Å². The molecule has 0 unspecified atom stereocenters. The summed E-state index contributed by atoms with van der Waals surface area (Å²) in [7, 11) is 0. The average molecular weight is 374 g/mol. The Balaban J connectivity index is 1.47. The third-order valence-electron chi connectivity index (χ3n) is 4.10. The van der Waals surface area contributed by atoms with Crippen molar-refractivity contribution in [3.05, 3.63) is 88.6 Å². The van der Waals surface area contributed by atoms with Gasteiger partial charge in [0, 0.05) is 23.3 Å². The highest BCUT2D eigenvalue weighted by molar-refractivity contribution is 6.05. The molecule has 0 saturated heterocycles. The topological polar surface area (TPSA) is 122 Å². The van der Waals surface area contributed by atoms with Gasteiger partial charge in [0.05, 0.1) is 11.1 Å². The van der Waals surface area contributed by atoms with Gasteiger partial charge in [0.25, 0.3) is 17.4 Å². The van der Waals surface area contributed by atoms with Crippen LogP contribution in [0.15, 0.2) is 71.8 Å². The van der Waals surface area contributed by atoms with Crippen molar-refractivity contribution in [3.8, 4) is 5.69 Å². The zero-order valence-corrected chi connectivity index (χ0v) is 14.4. The molecular formula is C19H14N6O3. The van der Waals surface area contributed by atoms with Crippen LogP contribution in [0.5, 0.6) is 0 Å². The minimum absolute atomic E-state index is 0.00419. The number of fused-ring (bicyclic) bond motifs is 1. The van der Waals surface area contributed by atoms with Gasteiger partial charge in [0.2, 0.25) is 0 Å². The van der Waals surface area contributed by atoms with Crippen LogP contribution in [-0.2, 0) is 0 Å². The van der Waals surface area contributed by atoms with Crippen molar-refractivity contribution < 1.29 is 9.59 Å². The van der Waals surface area contributed by atoms with Crippen LogP contribution in [0.2, 0.25) is 0 Å². The number of hydrogen-bond acceptors (Lipinski definition) is 5. The molecule has 2 heterocycles. The second-order valence-electron chi connectivity index (χ2n) is 5.85. The number of hydrazine groups is 1. The molecule has 9 nitrogen and oxygen atoms in total. The van der Waals surface area contributed by atoms with Crippen LogP contribution in [0, 0.1) is 0 Å². The van der Waals surface area contributed by atoms with E-state index < -0.39 is 17.4 Å². The Morgan fingerprint density at radius 2 is 1.61 bits per heavy atom. The molecule has 0 saturated carbocycles. The number of nitrogens with one attached hydrogen (secondary N) is 3. The minimum Gasteiger partial charge on any atom is -0.267 e. The number of rotatable bonds is 3. The summed E-state index contributed by atoms with van der Waals surface area (Å²) in [6, 6.07) is 15.1. The SMILES string of the molecule is O=C(NNC(=O)c1n[nH]c(=O)c2ccccc12)c1ccc(-n2cccn2)cc1. The van der Waals surface area contributed by atoms with Crippen LogP contribution in [0.3, 0.4) is 0 Å². The lowest BCUT2D eigenvalue weighted by Gasteiger charge is -2.09. The number of aromatic nitrogens is 4. The molecule has 3 N–H and O–H groups in total. The molecule has 0 atom stereocenters. The number of H-pyrrole nitrogens is 1. The molecule has 4 rings (SSSR count). The quantitative estimate of drug-likeness (QED) is 0.465. The Labute approximate surface area is 158 Å². The first-order chi connectivity index (χ1) is 13.6. The lowest BCUT2D eigenvalue weighted by atomic mass is 10.1. The van der Waals surface area contributed by atoms with Crippen molar-refractivity contribution in [2.75, 3.05) is 0 Å². The largest absolute Gasteiger partial charge is 0.290 e. The van der Waals surface area contributed by atoms with Crippen molar-refractivity contribution in [2.45, 2.75) is 0 Å². The standard InChI is InChI=1S/C19H14N6O3/c26-17(12-6-8-13(9-7-12)25-11-3-10-20-25)22-24-19(28)16-14-4-1-2-5-15(14)18(27)23-21-16/h1-11H,(H,22,26)(H,23,27)(H,24,28).